The van der Waals surface area contributed by atoms with Crippen molar-refractivity contribution in [3.8, 4) is 17.2 Å². The fraction of sp³-hybridized carbons (Fsp3) is 0.379. The SMILES string of the molecule is C[C@H](NC(=O)[C@H](c1ccc2c(c1)OCO2)[C@H](O)C1CCCCC1)C(=O)Oc1ccc2ccccc2c1. The summed E-state index contributed by atoms with van der Waals surface area (Å²) in [5.41, 5.74) is 0.630. The number of amides is 1. The van der Waals surface area contributed by atoms with E-state index in [0.717, 1.165) is 42.9 Å². The number of carbonyl (C=O) groups is 2. The molecule has 2 aliphatic rings. The molecule has 7 nitrogen and oxygen atoms in total. The highest BCUT2D eigenvalue weighted by Gasteiger charge is 2.37. The molecule has 1 aliphatic carbocycles. The molecule has 1 aliphatic heterocycles. The van der Waals surface area contributed by atoms with Crippen LogP contribution in [-0.4, -0.2) is 35.9 Å². The second kappa shape index (κ2) is 10.6. The highest BCUT2D eigenvalue weighted by atomic mass is 16.7. The first-order valence-electron chi connectivity index (χ1n) is 12.6. The molecule has 36 heavy (non-hydrogen) atoms. The molecule has 3 atom stereocenters. The number of carbonyl (C=O) groups excluding carboxylic acids is 2. The monoisotopic (exact) mass is 489 g/mol. The van der Waals surface area contributed by atoms with Crippen molar-refractivity contribution in [2.75, 3.05) is 6.79 Å². The largest absolute Gasteiger partial charge is 0.454 e. The molecule has 3 aromatic carbocycles. The van der Waals surface area contributed by atoms with Crippen molar-refractivity contribution in [3.05, 3.63) is 66.2 Å². The fourth-order valence-electron chi connectivity index (χ4n) is 5.16. The highest BCUT2D eigenvalue weighted by molar-refractivity contribution is 5.90. The lowest BCUT2D eigenvalue weighted by Crippen LogP contribution is -2.46. The average Bonchev–Trinajstić information content (AvgIpc) is 3.37. The molecule has 0 bridgehead atoms. The van der Waals surface area contributed by atoms with E-state index in [2.05, 4.69) is 5.32 Å². The summed E-state index contributed by atoms with van der Waals surface area (Å²) in [7, 11) is 0. The molecule has 0 aromatic heterocycles. The summed E-state index contributed by atoms with van der Waals surface area (Å²) in [6, 6.07) is 17.6. The predicted octanol–water partition coefficient (Wildman–Crippen LogP) is 4.70. The Hall–Kier alpha value is -3.58. The van der Waals surface area contributed by atoms with Crippen LogP contribution in [0.3, 0.4) is 0 Å². The van der Waals surface area contributed by atoms with Crippen LogP contribution in [0.25, 0.3) is 10.8 Å². The van der Waals surface area contributed by atoms with E-state index in [1.54, 1.807) is 37.3 Å². The van der Waals surface area contributed by atoms with Crippen LogP contribution in [0.4, 0.5) is 0 Å². The van der Waals surface area contributed by atoms with E-state index >= 15 is 0 Å². The van der Waals surface area contributed by atoms with Gasteiger partial charge in [0.15, 0.2) is 11.5 Å². The van der Waals surface area contributed by atoms with E-state index in [4.69, 9.17) is 14.2 Å². The number of fused-ring (bicyclic) bond motifs is 2. The standard InChI is InChI=1S/C29H31NO6/c1-18(29(33)36-23-13-11-19-7-5-6-10-21(19)15-23)30-28(32)26(27(31)20-8-3-2-4-9-20)22-12-14-24-25(16-22)35-17-34-24/h5-7,10-16,18,20,26-27,31H,2-4,8-9,17H2,1H3,(H,30,32)/t18-,26+,27+/m0/s1. The molecule has 0 radical (unpaired) electrons. The first-order valence-corrected chi connectivity index (χ1v) is 12.6. The normalized spacial score (nSPS) is 17.8. The van der Waals surface area contributed by atoms with E-state index in [-0.39, 0.29) is 12.7 Å². The van der Waals surface area contributed by atoms with E-state index in [1.165, 1.54) is 0 Å². The molecule has 1 amide bonds. The molecule has 2 N–H and O–H groups in total. The maximum atomic E-state index is 13.5. The number of nitrogens with one attached hydrogen (secondary N) is 1. The third-order valence-corrected chi connectivity index (χ3v) is 7.16. The Morgan fingerprint density at radius 3 is 2.50 bits per heavy atom. The number of hydrogen-bond acceptors (Lipinski definition) is 6. The van der Waals surface area contributed by atoms with Crippen molar-refractivity contribution < 1.29 is 28.9 Å². The van der Waals surface area contributed by atoms with Crippen molar-refractivity contribution >= 4 is 22.6 Å². The Kier molecular flexibility index (Phi) is 7.09. The first kappa shape index (κ1) is 24.1. The molecule has 0 spiro atoms. The molecular formula is C29H31NO6. The van der Waals surface area contributed by atoms with Gasteiger partial charge in [-0.25, -0.2) is 4.79 Å². The number of esters is 1. The zero-order chi connectivity index (χ0) is 25.1. The van der Waals surface area contributed by atoms with Gasteiger partial charge in [-0.1, -0.05) is 55.7 Å². The maximum Gasteiger partial charge on any atom is 0.333 e. The molecule has 1 heterocycles. The van der Waals surface area contributed by atoms with Crippen LogP contribution in [0.1, 0.15) is 50.5 Å². The molecule has 3 aromatic rings. The maximum absolute atomic E-state index is 13.5. The number of aliphatic hydroxyl groups is 1. The van der Waals surface area contributed by atoms with Crippen molar-refractivity contribution in [3.63, 3.8) is 0 Å². The van der Waals surface area contributed by atoms with Gasteiger partial charge in [0.25, 0.3) is 0 Å². The number of aliphatic hydroxyl groups excluding tert-OH is 1. The Bertz CT molecular complexity index is 1250. The van der Waals surface area contributed by atoms with Gasteiger partial charge in [-0.15, -0.1) is 0 Å². The molecule has 5 rings (SSSR count). The molecule has 0 unspecified atom stereocenters. The second-order valence-electron chi connectivity index (χ2n) is 9.64. The van der Waals surface area contributed by atoms with Gasteiger partial charge < -0.3 is 24.6 Å². The zero-order valence-corrected chi connectivity index (χ0v) is 20.3. The minimum Gasteiger partial charge on any atom is -0.454 e. The van der Waals surface area contributed by atoms with Gasteiger partial charge in [-0.2, -0.15) is 0 Å². The van der Waals surface area contributed by atoms with Crippen LogP contribution in [0, 0.1) is 5.92 Å². The van der Waals surface area contributed by atoms with Crippen molar-refractivity contribution in [2.45, 2.75) is 57.1 Å². The summed E-state index contributed by atoms with van der Waals surface area (Å²) in [5, 5.41) is 16.1. The molecule has 0 saturated heterocycles. The van der Waals surface area contributed by atoms with Gasteiger partial charge in [0.1, 0.15) is 11.8 Å². The van der Waals surface area contributed by atoms with Gasteiger partial charge in [-0.3, -0.25) is 4.79 Å². The van der Waals surface area contributed by atoms with Gasteiger partial charge >= 0.3 is 5.97 Å². The summed E-state index contributed by atoms with van der Waals surface area (Å²) in [5.74, 6) is -0.264. The fourth-order valence-corrected chi connectivity index (χ4v) is 5.16. The molecular weight excluding hydrogens is 458 g/mol. The summed E-state index contributed by atoms with van der Waals surface area (Å²) >= 11 is 0. The lowest BCUT2D eigenvalue weighted by molar-refractivity contribution is -0.140. The van der Waals surface area contributed by atoms with Crippen LogP contribution in [0.2, 0.25) is 0 Å². The van der Waals surface area contributed by atoms with E-state index in [9.17, 15) is 14.7 Å². The van der Waals surface area contributed by atoms with Crippen LogP contribution in [0.5, 0.6) is 17.2 Å². The number of hydrogen-bond donors (Lipinski definition) is 2. The smallest absolute Gasteiger partial charge is 0.333 e. The minimum absolute atomic E-state index is 0.0137. The van der Waals surface area contributed by atoms with Crippen molar-refractivity contribution in [2.24, 2.45) is 5.92 Å². The third kappa shape index (κ3) is 5.16. The summed E-state index contributed by atoms with van der Waals surface area (Å²) in [4.78, 5) is 26.4. The lowest BCUT2D eigenvalue weighted by atomic mass is 9.77. The minimum atomic E-state index is -0.904. The second-order valence-corrected chi connectivity index (χ2v) is 9.64. The van der Waals surface area contributed by atoms with Crippen molar-refractivity contribution in [1.82, 2.24) is 5.32 Å². The zero-order valence-electron chi connectivity index (χ0n) is 20.3. The quantitative estimate of drug-likeness (QED) is 0.369. The average molecular weight is 490 g/mol. The molecule has 1 saturated carbocycles. The van der Waals surface area contributed by atoms with Gasteiger partial charge in [0, 0.05) is 0 Å². The van der Waals surface area contributed by atoms with E-state index < -0.39 is 29.9 Å². The summed E-state index contributed by atoms with van der Waals surface area (Å²) in [6.45, 7) is 1.71. The lowest BCUT2D eigenvalue weighted by Gasteiger charge is -2.32. The van der Waals surface area contributed by atoms with Crippen LogP contribution >= 0.6 is 0 Å². The number of benzene rings is 3. The van der Waals surface area contributed by atoms with Crippen LogP contribution in [-0.2, 0) is 9.59 Å². The van der Waals surface area contributed by atoms with Crippen molar-refractivity contribution in [1.29, 1.82) is 0 Å². The molecule has 1 fully saturated rings. The Morgan fingerprint density at radius 2 is 1.69 bits per heavy atom. The summed E-state index contributed by atoms with van der Waals surface area (Å²) < 4.78 is 16.5. The Morgan fingerprint density at radius 1 is 0.944 bits per heavy atom. The highest BCUT2D eigenvalue weighted by Crippen LogP contribution is 2.38. The number of ether oxygens (including phenoxy) is 3. The predicted molar refractivity (Wildman–Crippen MR) is 135 cm³/mol. The Labute approximate surface area is 210 Å². The molecule has 188 valence electrons. The van der Waals surface area contributed by atoms with E-state index in [1.807, 2.05) is 30.3 Å². The van der Waals surface area contributed by atoms with Crippen LogP contribution in [0.15, 0.2) is 60.7 Å². The topological polar surface area (TPSA) is 94.1 Å². The third-order valence-electron chi connectivity index (χ3n) is 7.16. The summed E-state index contributed by atoms with van der Waals surface area (Å²) in [6.07, 6.45) is 4.07. The first-order chi connectivity index (χ1) is 17.5. The molecule has 7 heteroatoms. The van der Waals surface area contributed by atoms with Gasteiger partial charge in [0.05, 0.1) is 12.0 Å². The van der Waals surface area contributed by atoms with Crippen LogP contribution < -0.4 is 19.5 Å². The van der Waals surface area contributed by atoms with Gasteiger partial charge in [0.2, 0.25) is 12.7 Å². The van der Waals surface area contributed by atoms with E-state index in [0.29, 0.717) is 22.8 Å². The number of rotatable bonds is 7. The van der Waals surface area contributed by atoms with Gasteiger partial charge in [-0.05, 0) is 66.3 Å². The Balaban J connectivity index is 1.32.